The number of methoxy groups -OCH3 is 1. The Hall–Kier alpha value is -3.32. The summed E-state index contributed by atoms with van der Waals surface area (Å²) >= 11 is 0. The summed E-state index contributed by atoms with van der Waals surface area (Å²) in [5.74, 6) is -0.364. The van der Waals surface area contributed by atoms with E-state index in [1.807, 2.05) is 38.1 Å². The van der Waals surface area contributed by atoms with Crippen molar-refractivity contribution in [1.29, 1.82) is 0 Å². The lowest BCUT2D eigenvalue weighted by atomic mass is 9.94. The molecule has 7 nitrogen and oxygen atoms in total. The maximum atomic E-state index is 13.2. The van der Waals surface area contributed by atoms with Gasteiger partial charge in [0.05, 0.1) is 24.8 Å². The van der Waals surface area contributed by atoms with Gasteiger partial charge in [0.15, 0.2) is 11.5 Å². The molecule has 1 amide bonds. The second kappa shape index (κ2) is 13.1. The van der Waals surface area contributed by atoms with Crippen LogP contribution < -0.4 is 9.47 Å². The average Bonchev–Trinajstić information content (AvgIpc) is 3.12. The predicted octanol–water partition coefficient (Wildman–Crippen LogP) is 5.42. The molecule has 1 saturated heterocycles. The van der Waals surface area contributed by atoms with Crippen molar-refractivity contribution in [2.45, 2.75) is 52.5 Å². The molecule has 2 aromatic rings. The summed E-state index contributed by atoms with van der Waals surface area (Å²) in [5.41, 5.74) is 2.25. The van der Waals surface area contributed by atoms with Gasteiger partial charge < -0.3 is 24.2 Å². The highest BCUT2D eigenvalue weighted by molar-refractivity contribution is 6.46. The topological polar surface area (TPSA) is 85.3 Å². The van der Waals surface area contributed by atoms with Crippen molar-refractivity contribution in [3.63, 3.8) is 0 Å². The fourth-order valence-electron chi connectivity index (χ4n) is 4.32. The Kier molecular flexibility index (Phi) is 9.94. The van der Waals surface area contributed by atoms with E-state index in [9.17, 15) is 14.7 Å². The molecule has 0 radical (unpaired) electrons. The number of hydrogen-bond donors (Lipinski definition) is 1. The van der Waals surface area contributed by atoms with E-state index in [0.29, 0.717) is 55.4 Å². The molecule has 0 saturated carbocycles. The maximum Gasteiger partial charge on any atom is 0.295 e. The highest BCUT2D eigenvalue weighted by Gasteiger charge is 2.46. The summed E-state index contributed by atoms with van der Waals surface area (Å²) in [6, 6.07) is 11.9. The summed E-state index contributed by atoms with van der Waals surface area (Å²) in [6.07, 6.45) is 3.68. The summed E-state index contributed by atoms with van der Waals surface area (Å²) in [5, 5.41) is 11.2. The molecule has 1 N–H and O–H groups in total. The van der Waals surface area contributed by atoms with Crippen LogP contribution in [0.15, 0.2) is 48.0 Å². The molecular weight excluding hydrogens is 458 g/mol. The zero-order chi connectivity index (χ0) is 26.1. The number of hydrogen-bond acceptors (Lipinski definition) is 6. The number of aryl methyl sites for hydroxylation is 1. The van der Waals surface area contributed by atoms with Crippen LogP contribution in [0.1, 0.15) is 62.3 Å². The summed E-state index contributed by atoms with van der Waals surface area (Å²) < 4.78 is 17.0. The van der Waals surface area contributed by atoms with Crippen LogP contribution in [0.25, 0.3) is 5.76 Å². The number of carbonyl (C=O) groups is 2. The van der Waals surface area contributed by atoms with Crippen LogP contribution in [0.5, 0.6) is 11.5 Å². The molecule has 0 aliphatic carbocycles. The highest BCUT2D eigenvalue weighted by Crippen LogP contribution is 2.42. The number of ether oxygens (including phenoxy) is 3. The van der Waals surface area contributed by atoms with Crippen LogP contribution in [0.4, 0.5) is 0 Å². The second-order valence-corrected chi connectivity index (χ2v) is 8.90. The van der Waals surface area contributed by atoms with Gasteiger partial charge in [0.25, 0.3) is 11.7 Å². The van der Waals surface area contributed by atoms with Gasteiger partial charge in [-0.15, -0.1) is 0 Å². The molecular formula is C29H37NO6. The van der Waals surface area contributed by atoms with E-state index in [0.717, 1.165) is 24.8 Å². The van der Waals surface area contributed by atoms with E-state index >= 15 is 0 Å². The summed E-state index contributed by atoms with van der Waals surface area (Å²) in [7, 11) is 1.59. The smallest absolute Gasteiger partial charge is 0.295 e. The molecule has 1 unspecified atom stereocenters. The molecule has 0 bridgehead atoms. The molecule has 194 valence electrons. The van der Waals surface area contributed by atoms with E-state index in [-0.39, 0.29) is 11.3 Å². The van der Waals surface area contributed by atoms with Gasteiger partial charge in [-0.3, -0.25) is 9.59 Å². The number of unbranched alkanes of at least 4 members (excludes halogenated alkanes) is 2. The lowest BCUT2D eigenvalue weighted by molar-refractivity contribution is -0.140. The van der Waals surface area contributed by atoms with Crippen LogP contribution in [-0.4, -0.2) is 55.2 Å². The maximum absolute atomic E-state index is 13.2. The third-order valence-corrected chi connectivity index (χ3v) is 6.20. The third kappa shape index (κ3) is 6.26. The predicted molar refractivity (Wildman–Crippen MR) is 139 cm³/mol. The van der Waals surface area contributed by atoms with E-state index in [1.54, 1.807) is 25.3 Å². The van der Waals surface area contributed by atoms with Crippen molar-refractivity contribution >= 4 is 17.4 Å². The van der Waals surface area contributed by atoms with E-state index in [1.165, 1.54) is 4.90 Å². The SMILES string of the molecule is CCCCCOc1ccc(C2C(=C(O)c3ccc(C)cc3)C(=O)C(=O)N2CCCOC)cc1OCC. The molecule has 1 heterocycles. The summed E-state index contributed by atoms with van der Waals surface area (Å²) in [6.45, 7) is 7.75. The number of ketones is 1. The first kappa shape index (κ1) is 27.3. The number of likely N-dealkylation sites (tertiary alicyclic amines) is 1. The van der Waals surface area contributed by atoms with Crippen LogP contribution in [0.3, 0.4) is 0 Å². The average molecular weight is 496 g/mol. The summed E-state index contributed by atoms with van der Waals surface area (Å²) in [4.78, 5) is 27.8. The lowest BCUT2D eigenvalue weighted by Gasteiger charge is -2.26. The van der Waals surface area contributed by atoms with Crippen molar-refractivity contribution in [2.24, 2.45) is 0 Å². The van der Waals surface area contributed by atoms with Crippen LogP contribution in [0.2, 0.25) is 0 Å². The first-order valence-corrected chi connectivity index (χ1v) is 12.7. The lowest BCUT2D eigenvalue weighted by Crippen LogP contribution is -2.31. The fourth-order valence-corrected chi connectivity index (χ4v) is 4.32. The number of Topliss-reactive ketones (excluding diaryl/α,β-unsaturated/α-hetero) is 1. The van der Waals surface area contributed by atoms with E-state index in [2.05, 4.69) is 6.92 Å². The number of benzene rings is 2. The number of aliphatic hydroxyl groups excluding tert-OH is 1. The molecule has 3 rings (SSSR count). The van der Waals surface area contributed by atoms with Gasteiger partial charge in [0.2, 0.25) is 0 Å². The quantitative estimate of drug-likeness (QED) is 0.173. The molecule has 0 spiro atoms. The van der Waals surface area contributed by atoms with Crippen LogP contribution >= 0.6 is 0 Å². The Balaban J connectivity index is 2.06. The van der Waals surface area contributed by atoms with Crippen molar-refractivity contribution in [2.75, 3.05) is 33.5 Å². The van der Waals surface area contributed by atoms with Gasteiger partial charge in [-0.2, -0.15) is 0 Å². The first-order valence-electron chi connectivity index (χ1n) is 12.7. The van der Waals surface area contributed by atoms with Crippen molar-refractivity contribution in [1.82, 2.24) is 4.90 Å². The zero-order valence-electron chi connectivity index (χ0n) is 21.7. The van der Waals surface area contributed by atoms with Crippen molar-refractivity contribution in [3.05, 3.63) is 64.7 Å². The van der Waals surface area contributed by atoms with Crippen LogP contribution in [0, 0.1) is 6.92 Å². The number of rotatable bonds is 13. The van der Waals surface area contributed by atoms with Gasteiger partial charge in [-0.25, -0.2) is 0 Å². The Labute approximate surface area is 213 Å². The highest BCUT2D eigenvalue weighted by atomic mass is 16.5. The first-order chi connectivity index (χ1) is 17.4. The van der Waals surface area contributed by atoms with Crippen molar-refractivity contribution < 1.29 is 28.9 Å². The van der Waals surface area contributed by atoms with E-state index in [4.69, 9.17) is 14.2 Å². The second-order valence-electron chi connectivity index (χ2n) is 8.90. The zero-order valence-corrected chi connectivity index (χ0v) is 21.7. The van der Waals surface area contributed by atoms with E-state index < -0.39 is 17.7 Å². The molecule has 1 fully saturated rings. The monoisotopic (exact) mass is 495 g/mol. The molecule has 36 heavy (non-hydrogen) atoms. The Morgan fingerprint density at radius 3 is 2.36 bits per heavy atom. The molecule has 1 atom stereocenters. The minimum atomic E-state index is -0.753. The molecule has 1 aliphatic rings. The van der Waals surface area contributed by atoms with Gasteiger partial charge in [0, 0.05) is 25.8 Å². The van der Waals surface area contributed by atoms with Crippen LogP contribution in [-0.2, 0) is 14.3 Å². The number of aliphatic hydroxyl groups is 1. The molecule has 0 aromatic heterocycles. The standard InChI is InChI=1S/C29H37NO6/c1-5-7-8-18-36-23-15-14-22(19-24(23)35-6-2)26-25(27(31)21-12-10-20(3)11-13-21)28(32)29(33)30(26)16-9-17-34-4/h10-15,19,26,31H,5-9,16-18H2,1-4H3. The molecule has 7 heteroatoms. The largest absolute Gasteiger partial charge is 0.507 e. The van der Waals surface area contributed by atoms with Gasteiger partial charge in [-0.05, 0) is 44.4 Å². The van der Waals surface area contributed by atoms with Crippen molar-refractivity contribution in [3.8, 4) is 11.5 Å². The fraction of sp³-hybridized carbons (Fsp3) is 0.448. The Bertz CT molecular complexity index is 1080. The Morgan fingerprint density at radius 1 is 0.944 bits per heavy atom. The Morgan fingerprint density at radius 2 is 1.69 bits per heavy atom. The molecule has 1 aliphatic heterocycles. The number of amides is 1. The minimum absolute atomic E-state index is 0.0698. The normalized spacial score (nSPS) is 17.0. The third-order valence-electron chi connectivity index (χ3n) is 6.20. The molecule has 2 aromatic carbocycles. The number of nitrogens with zero attached hydrogens (tertiary/aromatic N) is 1. The van der Waals surface area contributed by atoms with Gasteiger partial charge in [-0.1, -0.05) is 55.7 Å². The van der Waals surface area contributed by atoms with Gasteiger partial charge in [0.1, 0.15) is 5.76 Å². The number of carbonyl (C=O) groups excluding carboxylic acids is 2. The minimum Gasteiger partial charge on any atom is -0.507 e. The van der Waals surface area contributed by atoms with Gasteiger partial charge >= 0.3 is 0 Å².